The molecular weight excluding hydrogens is 270 g/mol. The Morgan fingerprint density at radius 2 is 2.00 bits per heavy atom. The number of halogens is 1. The average Bonchev–Trinajstić information content (AvgIpc) is 2.81. The van der Waals surface area contributed by atoms with Gasteiger partial charge in [0.25, 0.3) is 0 Å². The number of hydrogen-bond donors (Lipinski definition) is 1. The zero-order chi connectivity index (χ0) is 14.1. The first-order valence-electron chi connectivity index (χ1n) is 6.57. The molecule has 3 rings (SSSR count). The third-order valence-corrected chi connectivity index (χ3v) is 3.87. The molecule has 2 aromatic carbocycles. The Labute approximate surface area is 123 Å². The van der Waals surface area contributed by atoms with Gasteiger partial charge in [0.2, 0.25) is 0 Å². The van der Waals surface area contributed by atoms with E-state index in [1.807, 2.05) is 41.3 Å². The van der Waals surface area contributed by atoms with Crippen molar-refractivity contribution < 1.29 is 0 Å². The van der Waals surface area contributed by atoms with Crippen LogP contribution >= 0.6 is 11.6 Å². The van der Waals surface area contributed by atoms with E-state index in [-0.39, 0.29) is 6.04 Å². The standard InChI is InChI=1S/C16H16ClN3/c1-11-5-4-6-12(9-11)20-15(10-19-16(20)18)13-7-2-3-8-14(13)17/h2-9,15H,10H2,1H3,(H2,18,19). The maximum Gasteiger partial charge on any atom is 0.196 e. The van der Waals surface area contributed by atoms with Gasteiger partial charge in [-0.2, -0.15) is 0 Å². The van der Waals surface area contributed by atoms with Gasteiger partial charge in [0.1, 0.15) is 0 Å². The summed E-state index contributed by atoms with van der Waals surface area (Å²) < 4.78 is 0. The Hall–Kier alpha value is -2.00. The Kier molecular flexibility index (Phi) is 3.36. The molecule has 0 saturated carbocycles. The fourth-order valence-electron chi connectivity index (χ4n) is 2.57. The first kappa shape index (κ1) is 13.0. The summed E-state index contributed by atoms with van der Waals surface area (Å²) in [6.45, 7) is 2.70. The van der Waals surface area contributed by atoms with E-state index in [0.29, 0.717) is 12.5 Å². The highest BCUT2D eigenvalue weighted by Gasteiger charge is 2.30. The fraction of sp³-hybridized carbons (Fsp3) is 0.188. The Morgan fingerprint density at radius 1 is 1.20 bits per heavy atom. The summed E-state index contributed by atoms with van der Waals surface area (Å²) in [6, 6.07) is 16.2. The fourth-order valence-corrected chi connectivity index (χ4v) is 2.83. The first-order chi connectivity index (χ1) is 9.66. The molecule has 4 heteroatoms. The SMILES string of the molecule is Cc1cccc(N2C(N)=NCC2c2ccccc2Cl)c1. The maximum absolute atomic E-state index is 6.32. The van der Waals surface area contributed by atoms with Gasteiger partial charge in [-0.25, -0.2) is 0 Å². The van der Waals surface area contributed by atoms with Crippen LogP contribution in [0.2, 0.25) is 5.02 Å². The highest BCUT2D eigenvalue weighted by atomic mass is 35.5. The van der Waals surface area contributed by atoms with E-state index < -0.39 is 0 Å². The van der Waals surface area contributed by atoms with E-state index in [4.69, 9.17) is 17.3 Å². The van der Waals surface area contributed by atoms with Crippen LogP contribution in [0.15, 0.2) is 53.5 Å². The molecule has 1 heterocycles. The van der Waals surface area contributed by atoms with E-state index in [9.17, 15) is 0 Å². The van der Waals surface area contributed by atoms with Crippen LogP contribution in [-0.4, -0.2) is 12.5 Å². The number of hydrogen-bond acceptors (Lipinski definition) is 3. The number of anilines is 1. The quantitative estimate of drug-likeness (QED) is 0.917. The van der Waals surface area contributed by atoms with Gasteiger partial charge >= 0.3 is 0 Å². The van der Waals surface area contributed by atoms with Crippen molar-refractivity contribution in [2.24, 2.45) is 10.7 Å². The van der Waals surface area contributed by atoms with Crippen LogP contribution in [0.25, 0.3) is 0 Å². The molecule has 0 fully saturated rings. The molecule has 1 unspecified atom stereocenters. The molecular formula is C16H16ClN3. The summed E-state index contributed by atoms with van der Waals surface area (Å²) in [6.07, 6.45) is 0. The summed E-state index contributed by atoms with van der Waals surface area (Å²) in [4.78, 5) is 6.43. The van der Waals surface area contributed by atoms with Gasteiger partial charge in [-0.3, -0.25) is 4.99 Å². The number of aliphatic imine (C=N–C) groups is 1. The second-order valence-corrected chi connectivity index (χ2v) is 5.35. The number of guanidine groups is 1. The number of aryl methyl sites for hydroxylation is 1. The van der Waals surface area contributed by atoms with Crippen molar-refractivity contribution in [3.05, 3.63) is 64.7 Å². The molecule has 1 atom stereocenters. The highest BCUT2D eigenvalue weighted by molar-refractivity contribution is 6.31. The molecule has 0 bridgehead atoms. The van der Waals surface area contributed by atoms with Gasteiger partial charge in [-0.15, -0.1) is 0 Å². The predicted molar refractivity (Wildman–Crippen MR) is 84.3 cm³/mol. The minimum Gasteiger partial charge on any atom is -0.369 e. The Balaban J connectivity index is 2.03. The lowest BCUT2D eigenvalue weighted by molar-refractivity contribution is 0.769. The van der Waals surface area contributed by atoms with E-state index in [0.717, 1.165) is 16.3 Å². The molecule has 0 saturated heterocycles. The molecule has 0 spiro atoms. The zero-order valence-corrected chi connectivity index (χ0v) is 12.0. The molecule has 1 aliphatic rings. The van der Waals surface area contributed by atoms with Crippen LogP contribution in [0, 0.1) is 6.92 Å². The number of nitrogens with two attached hydrogens (primary N) is 1. The smallest absolute Gasteiger partial charge is 0.196 e. The van der Waals surface area contributed by atoms with Crippen LogP contribution in [0.1, 0.15) is 17.2 Å². The second kappa shape index (κ2) is 5.17. The first-order valence-corrected chi connectivity index (χ1v) is 6.95. The summed E-state index contributed by atoms with van der Waals surface area (Å²) in [5, 5.41) is 0.750. The molecule has 2 aromatic rings. The minimum absolute atomic E-state index is 0.0606. The lowest BCUT2D eigenvalue weighted by Gasteiger charge is -2.27. The van der Waals surface area contributed by atoms with E-state index in [2.05, 4.69) is 24.0 Å². The molecule has 3 nitrogen and oxygen atoms in total. The zero-order valence-electron chi connectivity index (χ0n) is 11.3. The summed E-state index contributed by atoms with van der Waals surface area (Å²) in [5.74, 6) is 0.542. The van der Waals surface area contributed by atoms with E-state index >= 15 is 0 Å². The lowest BCUT2D eigenvalue weighted by Crippen LogP contribution is -2.36. The summed E-state index contributed by atoms with van der Waals surface area (Å²) >= 11 is 6.32. The minimum atomic E-state index is 0.0606. The lowest BCUT2D eigenvalue weighted by atomic mass is 10.1. The van der Waals surface area contributed by atoms with Crippen molar-refractivity contribution in [2.45, 2.75) is 13.0 Å². The summed E-state index contributed by atoms with van der Waals surface area (Å²) in [5.41, 5.74) is 9.37. The van der Waals surface area contributed by atoms with Crippen molar-refractivity contribution in [3.63, 3.8) is 0 Å². The number of rotatable bonds is 2. The van der Waals surface area contributed by atoms with Gasteiger partial charge in [-0.05, 0) is 36.2 Å². The maximum atomic E-state index is 6.32. The van der Waals surface area contributed by atoms with Crippen LogP contribution in [0.3, 0.4) is 0 Å². The number of nitrogens with zero attached hydrogens (tertiary/aromatic N) is 2. The molecule has 1 aliphatic heterocycles. The van der Waals surface area contributed by atoms with Gasteiger partial charge < -0.3 is 10.6 Å². The molecule has 20 heavy (non-hydrogen) atoms. The molecule has 0 radical (unpaired) electrons. The van der Waals surface area contributed by atoms with E-state index in [1.54, 1.807) is 0 Å². The van der Waals surface area contributed by atoms with Gasteiger partial charge in [0.15, 0.2) is 5.96 Å². The van der Waals surface area contributed by atoms with Crippen molar-refractivity contribution in [1.29, 1.82) is 0 Å². The van der Waals surface area contributed by atoms with Crippen molar-refractivity contribution >= 4 is 23.2 Å². The highest BCUT2D eigenvalue weighted by Crippen LogP contribution is 2.34. The predicted octanol–water partition coefficient (Wildman–Crippen LogP) is 3.52. The van der Waals surface area contributed by atoms with Gasteiger partial charge in [0, 0.05) is 10.7 Å². The van der Waals surface area contributed by atoms with Crippen LogP contribution in [0.5, 0.6) is 0 Å². The van der Waals surface area contributed by atoms with Gasteiger partial charge in [-0.1, -0.05) is 41.9 Å². The molecule has 0 aromatic heterocycles. The molecule has 2 N–H and O–H groups in total. The summed E-state index contributed by atoms with van der Waals surface area (Å²) in [7, 11) is 0. The normalized spacial score (nSPS) is 18.2. The van der Waals surface area contributed by atoms with Crippen LogP contribution in [0.4, 0.5) is 5.69 Å². The van der Waals surface area contributed by atoms with Gasteiger partial charge in [0.05, 0.1) is 12.6 Å². The third-order valence-electron chi connectivity index (χ3n) is 3.53. The van der Waals surface area contributed by atoms with Crippen LogP contribution in [-0.2, 0) is 0 Å². The van der Waals surface area contributed by atoms with Crippen molar-refractivity contribution in [3.8, 4) is 0 Å². The average molecular weight is 286 g/mol. The molecule has 0 amide bonds. The monoisotopic (exact) mass is 285 g/mol. The Morgan fingerprint density at radius 3 is 2.75 bits per heavy atom. The molecule has 0 aliphatic carbocycles. The van der Waals surface area contributed by atoms with E-state index in [1.165, 1.54) is 5.56 Å². The molecule has 102 valence electrons. The topological polar surface area (TPSA) is 41.6 Å². The Bertz CT molecular complexity index is 666. The third kappa shape index (κ3) is 2.25. The van der Waals surface area contributed by atoms with Crippen LogP contribution < -0.4 is 10.6 Å². The second-order valence-electron chi connectivity index (χ2n) is 4.95. The number of benzene rings is 2. The van der Waals surface area contributed by atoms with Crippen molar-refractivity contribution in [1.82, 2.24) is 0 Å². The van der Waals surface area contributed by atoms with Crippen molar-refractivity contribution in [2.75, 3.05) is 11.4 Å². The largest absolute Gasteiger partial charge is 0.369 e.